The largest absolute Gasteiger partial charge is 0.469 e. The first kappa shape index (κ1) is 23.2. The van der Waals surface area contributed by atoms with E-state index in [0.717, 1.165) is 17.0 Å². The Morgan fingerprint density at radius 2 is 1.94 bits per heavy atom. The molecular formula is C28H23FN4O3. The van der Waals surface area contributed by atoms with Crippen LogP contribution in [0.2, 0.25) is 0 Å². The zero-order valence-electron chi connectivity index (χ0n) is 19.7. The third kappa shape index (κ3) is 4.53. The van der Waals surface area contributed by atoms with Crippen molar-refractivity contribution in [2.24, 2.45) is 12.0 Å². The number of benzene rings is 3. The molecule has 1 amide bonds. The molecule has 7 nitrogen and oxygen atoms in total. The molecule has 36 heavy (non-hydrogen) atoms. The number of nitrogens with zero attached hydrogens (tertiary/aromatic N) is 3. The number of anilines is 1. The number of carbonyl (C=O) groups is 2. The SMILES string of the molecule is COC(=O)Cc1cccc(C(=Nc2ccc(-c3nccn3C)cc2)C2C(=O)Nc3cc(F)ccc32)c1. The van der Waals surface area contributed by atoms with E-state index in [1.807, 2.05) is 66.3 Å². The van der Waals surface area contributed by atoms with Gasteiger partial charge in [0.2, 0.25) is 5.91 Å². The molecule has 0 radical (unpaired) electrons. The van der Waals surface area contributed by atoms with Crippen LogP contribution >= 0.6 is 0 Å². The molecule has 0 saturated carbocycles. The maximum atomic E-state index is 13.8. The van der Waals surface area contributed by atoms with Crippen molar-refractivity contribution >= 4 is 29.0 Å². The van der Waals surface area contributed by atoms with Crippen molar-refractivity contribution in [1.29, 1.82) is 0 Å². The highest BCUT2D eigenvalue weighted by atomic mass is 19.1. The van der Waals surface area contributed by atoms with Gasteiger partial charge in [-0.05, 0) is 59.2 Å². The van der Waals surface area contributed by atoms with Gasteiger partial charge in [0.25, 0.3) is 0 Å². The van der Waals surface area contributed by atoms with Crippen LogP contribution < -0.4 is 5.32 Å². The van der Waals surface area contributed by atoms with Crippen LogP contribution in [0.5, 0.6) is 0 Å². The van der Waals surface area contributed by atoms with E-state index in [2.05, 4.69) is 10.3 Å². The maximum absolute atomic E-state index is 13.8. The van der Waals surface area contributed by atoms with Gasteiger partial charge >= 0.3 is 5.97 Å². The third-order valence-electron chi connectivity index (χ3n) is 6.11. The van der Waals surface area contributed by atoms with Gasteiger partial charge in [-0.1, -0.05) is 24.3 Å². The molecule has 0 saturated heterocycles. The Labute approximate surface area is 207 Å². The number of halogens is 1. The smallest absolute Gasteiger partial charge is 0.309 e. The third-order valence-corrected chi connectivity index (χ3v) is 6.11. The predicted molar refractivity (Wildman–Crippen MR) is 135 cm³/mol. The second-order valence-corrected chi connectivity index (χ2v) is 8.51. The van der Waals surface area contributed by atoms with Crippen molar-refractivity contribution in [3.8, 4) is 11.4 Å². The van der Waals surface area contributed by atoms with Gasteiger partial charge in [0, 0.05) is 30.7 Å². The summed E-state index contributed by atoms with van der Waals surface area (Å²) in [6.07, 6.45) is 3.70. The number of fused-ring (bicyclic) bond motifs is 1. The van der Waals surface area contributed by atoms with E-state index < -0.39 is 11.7 Å². The van der Waals surface area contributed by atoms with E-state index in [4.69, 9.17) is 9.73 Å². The van der Waals surface area contributed by atoms with Gasteiger partial charge in [0.1, 0.15) is 17.6 Å². The number of hydrogen-bond donors (Lipinski definition) is 1. The summed E-state index contributed by atoms with van der Waals surface area (Å²) in [6.45, 7) is 0. The summed E-state index contributed by atoms with van der Waals surface area (Å²) in [5, 5.41) is 2.77. The Balaban J connectivity index is 1.60. The Morgan fingerprint density at radius 3 is 2.67 bits per heavy atom. The minimum atomic E-state index is -0.747. The van der Waals surface area contributed by atoms with Gasteiger partial charge < -0.3 is 14.6 Å². The molecule has 4 aromatic rings. The van der Waals surface area contributed by atoms with Gasteiger partial charge in [0.05, 0.1) is 24.9 Å². The average molecular weight is 483 g/mol. The molecule has 0 aliphatic carbocycles. The molecule has 180 valence electrons. The number of hydrogen-bond acceptors (Lipinski definition) is 5. The molecule has 0 bridgehead atoms. The van der Waals surface area contributed by atoms with E-state index in [1.54, 1.807) is 12.3 Å². The molecule has 0 spiro atoms. The number of amides is 1. The van der Waals surface area contributed by atoms with Gasteiger partial charge in [-0.3, -0.25) is 14.6 Å². The fraction of sp³-hybridized carbons (Fsp3) is 0.143. The average Bonchev–Trinajstić information content (AvgIpc) is 3.44. The molecule has 2 heterocycles. The van der Waals surface area contributed by atoms with Crippen LogP contribution in [0.15, 0.2) is 84.1 Å². The number of ether oxygens (including phenoxy) is 1. The first-order valence-electron chi connectivity index (χ1n) is 11.4. The lowest BCUT2D eigenvalue weighted by atomic mass is 9.89. The second-order valence-electron chi connectivity index (χ2n) is 8.51. The Hall–Kier alpha value is -4.59. The van der Waals surface area contributed by atoms with E-state index >= 15 is 0 Å². The normalized spacial score (nSPS) is 14.9. The van der Waals surface area contributed by atoms with E-state index in [0.29, 0.717) is 28.2 Å². The molecule has 3 aromatic carbocycles. The van der Waals surface area contributed by atoms with Crippen LogP contribution in [-0.4, -0.2) is 34.2 Å². The highest BCUT2D eigenvalue weighted by molar-refractivity contribution is 6.24. The number of methoxy groups -OCH3 is 1. The number of nitrogens with one attached hydrogen (secondary N) is 1. The zero-order chi connectivity index (χ0) is 25.2. The predicted octanol–water partition coefficient (Wildman–Crippen LogP) is 4.80. The van der Waals surface area contributed by atoms with Crippen molar-refractivity contribution in [1.82, 2.24) is 9.55 Å². The van der Waals surface area contributed by atoms with Crippen molar-refractivity contribution in [2.75, 3.05) is 12.4 Å². The number of imidazole rings is 1. The summed E-state index contributed by atoms with van der Waals surface area (Å²) in [5.41, 5.74) is 4.55. The summed E-state index contributed by atoms with van der Waals surface area (Å²) in [4.78, 5) is 34.2. The zero-order valence-corrected chi connectivity index (χ0v) is 19.7. The number of aromatic nitrogens is 2. The second kappa shape index (κ2) is 9.58. The quantitative estimate of drug-likeness (QED) is 0.316. The number of aliphatic imine (C=N–C) groups is 1. The molecule has 5 rings (SSSR count). The van der Waals surface area contributed by atoms with Crippen LogP contribution in [0.1, 0.15) is 22.6 Å². The number of esters is 1. The van der Waals surface area contributed by atoms with Crippen LogP contribution in [0, 0.1) is 5.82 Å². The van der Waals surface area contributed by atoms with Gasteiger partial charge in [0.15, 0.2) is 0 Å². The summed E-state index contributed by atoms with van der Waals surface area (Å²) in [6, 6.07) is 19.1. The lowest BCUT2D eigenvalue weighted by molar-refractivity contribution is -0.139. The minimum Gasteiger partial charge on any atom is -0.469 e. The number of carbonyl (C=O) groups excluding carboxylic acids is 2. The minimum absolute atomic E-state index is 0.0919. The summed E-state index contributed by atoms with van der Waals surface area (Å²) >= 11 is 0. The van der Waals surface area contributed by atoms with Gasteiger partial charge in [-0.2, -0.15) is 0 Å². The topological polar surface area (TPSA) is 85.6 Å². The Kier molecular flexibility index (Phi) is 6.16. The van der Waals surface area contributed by atoms with Crippen molar-refractivity contribution in [2.45, 2.75) is 12.3 Å². The molecule has 1 unspecified atom stereocenters. The maximum Gasteiger partial charge on any atom is 0.309 e. The van der Waals surface area contributed by atoms with E-state index in [9.17, 15) is 14.0 Å². The summed E-state index contributed by atoms with van der Waals surface area (Å²) in [7, 11) is 3.26. The van der Waals surface area contributed by atoms with Crippen LogP contribution in [0.4, 0.5) is 15.8 Å². The monoisotopic (exact) mass is 482 g/mol. The molecule has 1 aromatic heterocycles. The molecule has 0 fully saturated rings. The molecule has 1 aliphatic heterocycles. The summed E-state index contributed by atoms with van der Waals surface area (Å²) < 4.78 is 20.6. The summed E-state index contributed by atoms with van der Waals surface area (Å²) in [5.74, 6) is -1.01. The first-order chi connectivity index (χ1) is 17.4. The van der Waals surface area contributed by atoms with Gasteiger partial charge in [-0.25, -0.2) is 9.37 Å². The Morgan fingerprint density at radius 1 is 1.14 bits per heavy atom. The van der Waals surface area contributed by atoms with Crippen LogP contribution in [0.3, 0.4) is 0 Å². The number of aryl methyl sites for hydroxylation is 1. The molecule has 1 atom stereocenters. The molecule has 1 aliphatic rings. The highest BCUT2D eigenvalue weighted by Gasteiger charge is 2.35. The molecular weight excluding hydrogens is 459 g/mol. The standard InChI is InChI=1S/C28H23FN4O3/c1-33-13-12-30-27(33)18-6-9-21(10-7-18)31-26(19-5-3-4-17(14-19)15-24(34)36-2)25-22-11-8-20(29)16-23(22)32-28(25)35/h3-14,16,25H,15H2,1-2H3,(H,32,35). The fourth-order valence-electron chi connectivity index (χ4n) is 4.35. The lowest BCUT2D eigenvalue weighted by Crippen LogP contribution is -2.22. The lowest BCUT2D eigenvalue weighted by Gasteiger charge is -2.15. The van der Waals surface area contributed by atoms with Crippen LogP contribution in [-0.2, 0) is 27.8 Å². The molecule has 8 heteroatoms. The fourth-order valence-corrected chi connectivity index (χ4v) is 4.35. The van der Waals surface area contributed by atoms with Crippen molar-refractivity contribution < 1.29 is 18.7 Å². The van der Waals surface area contributed by atoms with Crippen molar-refractivity contribution in [3.05, 3.63) is 102 Å². The van der Waals surface area contributed by atoms with E-state index in [1.165, 1.54) is 19.2 Å². The highest BCUT2D eigenvalue weighted by Crippen LogP contribution is 2.37. The van der Waals surface area contributed by atoms with Crippen molar-refractivity contribution in [3.63, 3.8) is 0 Å². The van der Waals surface area contributed by atoms with Crippen LogP contribution in [0.25, 0.3) is 11.4 Å². The first-order valence-corrected chi connectivity index (χ1v) is 11.4. The van der Waals surface area contributed by atoms with Gasteiger partial charge in [-0.15, -0.1) is 0 Å². The molecule has 1 N–H and O–H groups in total. The number of rotatable bonds is 6. The Bertz CT molecular complexity index is 1490. The van der Waals surface area contributed by atoms with E-state index in [-0.39, 0.29) is 18.3 Å².